The van der Waals surface area contributed by atoms with Crippen molar-refractivity contribution >= 4 is 51.5 Å². The molecule has 1 aromatic heterocycles. The van der Waals surface area contributed by atoms with Crippen LogP contribution in [0.5, 0.6) is 11.5 Å². The summed E-state index contributed by atoms with van der Waals surface area (Å²) in [5.74, 6) is -0.303. The number of nitrogens with zero attached hydrogens (tertiary/aromatic N) is 1. The Morgan fingerprint density at radius 3 is 2.58 bits per heavy atom. The van der Waals surface area contributed by atoms with E-state index < -0.39 is 23.5 Å². The lowest BCUT2D eigenvalue weighted by Gasteiger charge is -2.24. The Labute approximate surface area is 203 Å². The van der Waals surface area contributed by atoms with Crippen LogP contribution in [-0.2, 0) is 16.1 Å². The third-order valence-corrected chi connectivity index (χ3v) is 5.85. The number of furan rings is 1. The number of esters is 1. The zero-order chi connectivity index (χ0) is 24.5. The fraction of sp³-hybridized carbons (Fsp3) is 0.318. The Morgan fingerprint density at radius 2 is 1.97 bits per heavy atom. The van der Waals surface area contributed by atoms with Crippen molar-refractivity contribution in [2.45, 2.75) is 32.9 Å². The molecular weight excluding hydrogens is 520 g/mol. The zero-order valence-electron chi connectivity index (χ0n) is 18.6. The Morgan fingerprint density at radius 1 is 1.27 bits per heavy atom. The van der Waals surface area contributed by atoms with E-state index in [9.17, 15) is 14.4 Å². The lowest BCUT2D eigenvalue weighted by Crippen LogP contribution is -2.30. The molecule has 0 atom stereocenters. The van der Waals surface area contributed by atoms with Gasteiger partial charge in [-0.3, -0.25) is 9.69 Å². The molecule has 9 nitrogen and oxygen atoms in total. The second kappa shape index (κ2) is 9.48. The van der Waals surface area contributed by atoms with Gasteiger partial charge in [0.15, 0.2) is 11.5 Å². The highest BCUT2D eigenvalue weighted by Crippen LogP contribution is 2.44. The van der Waals surface area contributed by atoms with Crippen LogP contribution in [0.25, 0.3) is 6.08 Å². The molecule has 1 fully saturated rings. The molecule has 3 rings (SSSR count). The lowest BCUT2D eigenvalue weighted by atomic mass is 10.1. The number of benzene rings is 1. The van der Waals surface area contributed by atoms with Gasteiger partial charge in [-0.1, -0.05) is 11.6 Å². The van der Waals surface area contributed by atoms with Crippen molar-refractivity contribution in [3.63, 3.8) is 0 Å². The summed E-state index contributed by atoms with van der Waals surface area (Å²) in [4.78, 5) is 37.8. The normalized spacial score (nSPS) is 15.1. The van der Waals surface area contributed by atoms with Gasteiger partial charge in [-0.15, -0.1) is 0 Å². The van der Waals surface area contributed by atoms with E-state index in [0.29, 0.717) is 21.5 Å². The summed E-state index contributed by atoms with van der Waals surface area (Å²) in [5, 5.41) is 2.79. The van der Waals surface area contributed by atoms with Gasteiger partial charge < -0.3 is 23.9 Å². The summed E-state index contributed by atoms with van der Waals surface area (Å²) in [6.45, 7) is 5.46. The Hall–Kier alpha value is -2.98. The maximum absolute atomic E-state index is 12.9. The molecule has 2 aromatic rings. The minimum atomic E-state index is -0.659. The molecule has 1 aliphatic rings. The van der Waals surface area contributed by atoms with Crippen LogP contribution in [0.2, 0.25) is 5.02 Å². The van der Waals surface area contributed by atoms with Gasteiger partial charge in [-0.2, -0.15) is 0 Å². The summed E-state index contributed by atoms with van der Waals surface area (Å²) in [5.41, 5.74) is 0.00359. The van der Waals surface area contributed by atoms with Crippen LogP contribution in [0.1, 0.15) is 42.6 Å². The van der Waals surface area contributed by atoms with E-state index in [2.05, 4.69) is 26.0 Å². The highest BCUT2D eigenvalue weighted by atomic mass is 79.9. The first kappa shape index (κ1) is 24.7. The Balaban J connectivity index is 1.89. The fourth-order valence-electron chi connectivity index (χ4n) is 2.96. The number of carbonyl (C=O) groups is 3. The number of rotatable bonds is 6. The number of carbonyl (C=O) groups excluding carboxylic acids is 3. The third kappa shape index (κ3) is 5.33. The molecule has 0 radical (unpaired) electrons. The van der Waals surface area contributed by atoms with Crippen molar-refractivity contribution in [2.75, 3.05) is 14.2 Å². The molecule has 1 saturated heterocycles. The predicted octanol–water partition coefficient (Wildman–Crippen LogP) is 4.76. The van der Waals surface area contributed by atoms with Crippen LogP contribution in [0.15, 0.2) is 32.8 Å². The van der Waals surface area contributed by atoms with Crippen LogP contribution in [-0.4, -0.2) is 42.6 Å². The molecule has 0 unspecified atom stereocenters. The molecule has 2 heterocycles. The molecule has 0 spiro atoms. The van der Waals surface area contributed by atoms with E-state index in [1.165, 1.54) is 32.4 Å². The largest absolute Gasteiger partial charge is 0.493 e. The number of hydrogen-bond donors (Lipinski definition) is 1. The number of amides is 3. The monoisotopic (exact) mass is 540 g/mol. The van der Waals surface area contributed by atoms with Gasteiger partial charge in [0.1, 0.15) is 22.1 Å². The number of urea groups is 1. The quantitative estimate of drug-likeness (QED) is 0.319. The van der Waals surface area contributed by atoms with Gasteiger partial charge in [-0.25, -0.2) is 9.59 Å². The van der Waals surface area contributed by atoms with Crippen molar-refractivity contribution in [1.82, 2.24) is 10.2 Å². The second-order valence-corrected chi connectivity index (χ2v) is 9.15. The SMILES string of the molecule is COC(=O)c1ccc(CN2C(=O)N/C(=C\c3cc(OC)c(OC(C)(C)C)c(Cl)c3Br)C2=O)o1. The standard InChI is InChI=1S/C22H22BrClN2O7/c1-22(2,3)33-18-15(30-4)9-11(16(23)17(18)24)8-13-19(27)26(21(29)25-13)10-12-6-7-14(32-12)20(28)31-5/h6-9H,10H2,1-5H3,(H,25,29)/b13-8-. The molecule has 176 valence electrons. The topological polar surface area (TPSA) is 107 Å². The number of methoxy groups -OCH3 is 2. The first-order chi connectivity index (χ1) is 15.4. The van der Waals surface area contributed by atoms with Gasteiger partial charge >= 0.3 is 12.0 Å². The van der Waals surface area contributed by atoms with Crippen LogP contribution >= 0.6 is 27.5 Å². The average molecular weight is 542 g/mol. The fourth-order valence-corrected chi connectivity index (χ4v) is 3.61. The number of nitrogens with one attached hydrogen (secondary N) is 1. The van der Waals surface area contributed by atoms with E-state index >= 15 is 0 Å². The van der Waals surface area contributed by atoms with Crippen LogP contribution in [0.3, 0.4) is 0 Å². The Bertz CT molecular complexity index is 1150. The molecule has 1 aromatic carbocycles. The smallest absolute Gasteiger partial charge is 0.373 e. The Kier molecular flexibility index (Phi) is 7.08. The van der Waals surface area contributed by atoms with E-state index in [1.54, 1.807) is 6.07 Å². The van der Waals surface area contributed by atoms with E-state index in [-0.39, 0.29) is 28.8 Å². The average Bonchev–Trinajstić information content (AvgIpc) is 3.32. The molecule has 0 saturated carbocycles. The zero-order valence-corrected chi connectivity index (χ0v) is 20.9. The van der Waals surface area contributed by atoms with Gasteiger partial charge in [0, 0.05) is 4.47 Å². The number of hydrogen-bond acceptors (Lipinski definition) is 7. The molecule has 3 amide bonds. The minimum absolute atomic E-state index is 0.0291. The second-order valence-electron chi connectivity index (χ2n) is 7.98. The lowest BCUT2D eigenvalue weighted by molar-refractivity contribution is -0.123. The number of ether oxygens (including phenoxy) is 3. The highest BCUT2D eigenvalue weighted by molar-refractivity contribution is 9.10. The van der Waals surface area contributed by atoms with Gasteiger partial charge in [-0.05, 0) is 66.5 Å². The number of halogens is 2. The number of imide groups is 1. The van der Waals surface area contributed by atoms with Crippen molar-refractivity contribution in [3.05, 3.63) is 50.5 Å². The maximum Gasteiger partial charge on any atom is 0.373 e. The molecule has 11 heteroatoms. The van der Waals surface area contributed by atoms with Crippen molar-refractivity contribution in [2.24, 2.45) is 0 Å². The summed E-state index contributed by atoms with van der Waals surface area (Å²) < 4.78 is 21.7. The van der Waals surface area contributed by atoms with Crippen LogP contribution in [0.4, 0.5) is 4.79 Å². The van der Waals surface area contributed by atoms with E-state index in [0.717, 1.165) is 4.90 Å². The van der Waals surface area contributed by atoms with Gasteiger partial charge in [0.05, 0.1) is 20.8 Å². The van der Waals surface area contributed by atoms with Crippen LogP contribution in [0, 0.1) is 0 Å². The summed E-state index contributed by atoms with van der Waals surface area (Å²) in [6.07, 6.45) is 1.47. The molecule has 33 heavy (non-hydrogen) atoms. The van der Waals surface area contributed by atoms with E-state index in [4.69, 9.17) is 25.5 Å². The summed E-state index contributed by atoms with van der Waals surface area (Å²) in [7, 11) is 2.70. The molecule has 1 aliphatic heterocycles. The van der Waals surface area contributed by atoms with Crippen LogP contribution < -0.4 is 14.8 Å². The summed E-state index contributed by atoms with van der Waals surface area (Å²) >= 11 is 9.93. The predicted molar refractivity (Wildman–Crippen MR) is 123 cm³/mol. The molecule has 0 bridgehead atoms. The molecular formula is C22H22BrClN2O7. The molecule has 0 aliphatic carbocycles. The third-order valence-electron chi connectivity index (χ3n) is 4.41. The van der Waals surface area contributed by atoms with Crippen molar-refractivity contribution in [3.8, 4) is 11.5 Å². The summed E-state index contributed by atoms with van der Waals surface area (Å²) in [6, 6.07) is 3.90. The van der Waals surface area contributed by atoms with Gasteiger partial charge in [0.25, 0.3) is 5.91 Å². The maximum atomic E-state index is 12.9. The first-order valence-electron chi connectivity index (χ1n) is 9.71. The van der Waals surface area contributed by atoms with Crippen molar-refractivity contribution < 1.29 is 33.0 Å². The van der Waals surface area contributed by atoms with E-state index in [1.807, 2.05) is 20.8 Å². The minimum Gasteiger partial charge on any atom is -0.493 e. The molecule has 1 N–H and O–H groups in total. The van der Waals surface area contributed by atoms with Crippen molar-refractivity contribution in [1.29, 1.82) is 0 Å². The van der Waals surface area contributed by atoms with Gasteiger partial charge in [0.2, 0.25) is 5.76 Å². The first-order valence-corrected chi connectivity index (χ1v) is 10.9. The highest BCUT2D eigenvalue weighted by Gasteiger charge is 2.35.